The van der Waals surface area contributed by atoms with Gasteiger partial charge in [-0.3, -0.25) is 4.79 Å². The van der Waals surface area contributed by atoms with Crippen molar-refractivity contribution in [1.82, 2.24) is 10.6 Å². The molecule has 20 heavy (non-hydrogen) atoms. The summed E-state index contributed by atoms with van der Waals surface area (Å²) >= 11 is 0. The number of hydrogen-bond donors (Lipinski definition) is 2. The Balaban J connectivity index is 2.15. The number of nitrogens with one attached hydrogen (secondary N) is 2. The largest absolute Gasteiger partial charge is 0.354 e. The molecule has 1 aromatic carbocycles. The average Bonchev–Trinajstić information content (AvgIpc) is 2.46. The van der Waals surface area contributed by atoms with Gasteiger partial charge in [-0.2, -0.15) is 0 Å². The normalized spacial score (nSPS) is 17.7. The molecule has 2 rings (SSSR count). The zero-order valence-corrected chi connectivity index (χ0v) is 12.0. The molecule has 0 aliphatic heterocycles. The lowest BCUT2D eigenvalue weighted by Gasteiger charge is -2.38. The fraction of sp³-hybridized carbons (Fsp3) is 0.562. The van der Waals surface area contributed by atoms with Gasteiger partial charge in [0.15, 0.2) is 0 Å². The molecule has 0 atom stereocenters. The lowest BCUT2D eigenvalue weighted by atomic mass is 9.69. The van der Waals surface area contributed by atoms with Crippen LogP contribution in [0.15, 0.2) is 24.3 Å². The van der Waals surface area contributed by atoms with E-state index in [0.29, 0.717) is 13.1 Å². The number of rotatable bonds is 5. The summed E-state index contributed by atoms with van der Waals surface area (Å²) in [6, 6.07) is 6.84. The Morgan fingerprint density at radius 2 is 2.05 bits per heavy atom. The number of hydrogen-bond acceptors (Lipinski definition) is 2. The maximum Gasteiger partial charge on any atom is 0.233 e. The summed E-state index contributed by atoms with van der Waals surface area (Å²) in [4.78, 5) is 11.7. The van der Waals surface area contributed by atoms with Gasteiger partial charge in [0.2, 0.25) is 5.91 Å². The first kappa shape index (κ1) is 15.0. The molecule has 1 aromatic rings. The van der Waals surface area contributed by atoms with Crippen molar-refractivity contribution in [1.29, 1.82) is 0 Å². The van der Waals surface area contributed by atoms with Crippen LogP contribution in [0.3, 0.4) is 0 Å². The second kappa shape index (κ2) is 6.84. The van der Waals surface area contributed by atoms with Crippen molar-refractivity contribution < 1.29 is 9.18 Å². The minimum Gasteiger partial charge on any atom is -0.354 e. The summed E-state index contributed by atoms with van der Waals surface area (Å²) in [7, 11) is 1.75. The van der Waals surface area contributed by atoms with Gasteiger partial charge in [-0.15, -0.1) is 0 Å². The van der Waals surface area contributed by atoms with Gasteiger partial charge in [0.05, 0.1) is 6.54 Å². The number of likely N-dealkylation sites (N-methyl/N-ethyl adjacent to an activating group) is 1. The molecule has 1 saturated carbocycles. The molecule has 0 unspecified atom stereocenters. The monoisotopic (exact) mass is 278 g/mol. The second-order valence-electron chi connectivity index (χ2n) is 5.66. The third kappa shape index (κ3) is 3.57. The van der Waals surface area contributed by atoms with E-state index < -0.39 is 0 Å². The minimum atomic E-state index is -0.200. The van der Waals surface area contributed by atoms with Gasteiger partial charge >= 0.3 is 0 Å². The summed E-state index contributed by atoms with van der Waals surface area (Å²) in [6.07, 6.45) is 5.52. The van der Waals surface area contributed by atoms with Crippen LogP contribution in [-0.2, 0) is 10.2 Å². The first-order valence-corrected chi connectivity index (χ1v) is 7.34. The van der Waals surface area contributed by atoms with E-state index in [-0.39, 0.29) is 17.1 Å². The van der Waals surface area contributed by atoms with Gasteiger partial charge in [0.1, 0.15) is 5.82 Å². The maximum atomic E-state index is 13.5. The standard InChI is InChI=1S/C16H23FN2O/c1-18-11-15(20)19-12-16(8-3-2-4-9-16)13-6-5-7-14(17)10-13/h5-7,10,18H,2-4,8-9,11-12H2,1H3,(H,19,20). The predicted molar refractivity (Wildman–Crippen MR) is 78.1 cm³/mol. The zero-order chi connectivity index (χ0) is 14.4. The van der Waals surface area contributed by atoms with Crippen LogP contribution in [-0.4, -0.2) is 26.0 Å². The molecule has 0 radical (unpaired) electrons. The van der Waals surface area contributed by atoms with Crippen LogP contribution < -0.4 is 10.6 Å². The van der Waals surface area contributed by atoms with Crippen LogP contribution in [0.5, 0.6) is 0 Å². The van der Waals surface area contributed by atoms with Crippen molar-refractivity contribution in [3.8, 4) is 0 Å². The van der Waals surface area contributed by atoms with E-state index in [1.54, 1.807) is 19.2 Å². The molecule has 0 bridgehead atoms. The molecule has 0 heterocycles. The zero-order valence-electron chi connectivity index (χ0n) is 12.0. The molecule has 1 fully saturated rings. The Labute approximate surface area is 120 Å². The predicted octanol–water partition coefficient (Wildman–Crippen LogP) is 2.36. The molecule has 0 spiro atoms. The molecule has 110 valence electrons. The van der Waals surface area contributed by atoms with Gasteiger partial charge in [0, 0.05) is 12.0 Å². The molecular formula is C16H23FN2O. The van der Waals surface area contributed by atoms with E-state index >= 15 is 0 Å². The number of carbonyl (C=O) groups excluding carboxylic acids is 1. The van der Waals surface area contributed by atoms with Gasteiger partial charge in [-0.05, 0) is 37.6 Å². The van der Waals surface area contributed by atoms with Gasteiger partial charge < -0.3 is 10.6 Å². The number of halogens is 1. The van der Waals surface area contributed by atoms with Gasteiger partial charge in [-0.1, -0.05) is 31.4 Å². The lowest BCUT2D eigenvalue weighted by Crippen LogP contribution is -2.44. The van der Waals surface area contributed by atoms with Crippen molar-refractivity contribution in [2.45, 2.75) is 37.5 Å². The van der Waals surface area contributed by atoms with E-state index in [1.807, 2.05) is 6.07 Å². The summed E-state index contributed by atoms with van der Waals surface area (Å²) in [5.74, 6) is -0.206. The van der Waals surface area contributed by atoms with E-state index in [0.717, 1.165) is 31.2 Å². The molecule has 1 aliphatic carbocycles. The van der Waals surface area contributed by atoms with Crippen LogP contribution >= 0.6 is 0 Å². The summed E-state index contributed by atoms with van der Waals surface area (Å²) in [5, 5.41) is 5.83. The van der Waals surface area contributed by atoms with Crippen LogP contribution in [0.2, 0.25) is 0 Å². The third-order valence-electron chi connectivity index (χ3n) is 4.21. The fourth-order valence-corrected chi connectivity index (χ4v) is 3.11. The van der Waals surface area contributed by atoms with Crippen LogP contribution in [0.1, 0.15) is 37.7 Å². The van der Waals surface area contributed by atoms with Crippen LogP contribution in [0.4, 0.5) is 4.39 Å². The first-order valence-electron chi connectivity index (χ1n) is 7.34. The minimum absolute atomic E-state index is 0.00569. The quantitative estimate of drug-likeness (QED) is 0.868. The highest BCUT2D eigenvalue weighted by atomic mass is 19.1. The lowest BCUT2D eigenvalue weighted by molar-refractivity contribution is -0.120. The van der Waals surface area contributed by atoms with Crippen LogP contribution in [0, 0.1) is 5.82 Å². The molecule has 0 aromatic heterocycles. The van der Waals surface area contributed by atoms with E-state index in [4.69, 9.17) is 0 Å². The van der Waals surface area contributed by atoms with E-state index in [1.165, 1.54) is 12.5 Å². The molecule has 1 amide bonds. The Morgan fingerprint density at radius 3 is 2.70 bits per heavy atom. The van der Waals surface area contributed by atoms with Gasteiger partial charge in [-0.25, -0.2) is 4.39 Å². The molecule has 0 saturated heterocycles. The number of benzene rings is 1. The molecule has 1 aliphatic rings. The van der Waals surface area contributed by atoms with Crippen molar-refractivity contribution >= 4 is 5.91 Å². The Bertz CT molecular complexity index is 456. The van der Waals surface area contributed by atoms with Crippen molar-refractivity contribution in [2.24, 2.45) is 0 Å². The fourth-order valence-electron chi connectivity index (χ4n) is 3.11. The Morgan fingerprint density at radius 1 is 1.30 bits per heavy atom. The SMILES string of the molecule is CNCC(=O)NCC1(c2cccc(F)c2)CCCCC1. The second-order valence-corrected chi connectivity index (χ2v) is 5.66. The summed E-state index contributed by atoms with van der Waals surface area (Å²) < 4.78 is 13.5. The van der Waals surface area contributed by atoms with Crippen LogP contribution in [0.25, 0.3) is 0 Å². The first-order chi connectivity index (χ1) is 9.66. The van der Waals surface area contributed by atoms with Crippen molar-refractivity contribution in [3.63, 3.8) is 0 Å². The molecule has 3 nitrogen and oxygen atoms in total. The van der Waals surface area contributed by atoms with Crippen molar-refractivity contribution in [2.75, 3.05) is 20.1 Å². The summed E-state index contributed by atoms with van der Waals surface area (Å²) in [6.45, 7) is 0.913. The van der Waals surface area contributed by atoms with Crippen molar-refractivity contribution in [3.05, 3.63) is 35.6 Å². The third-order valence-corrected chi connectivity index (χ3v) is 4.21. The van der Waals surface area contributed by atoms with E-state index in [2.05, 4.69) is 10.6 Å². The van der Waals surface area contributed by atoms with E-state index in [9.17, 15) is 9.18 Å². The summed E-state index contributed by atoms with van der Waals surface area (Å²) in [5.41, 5.74) is 0.908. The average molecular weight is 278 g/mol. The Hall–Kier alpha value is -1.42. The maximum absolute atomic E-state index is 13.5. The molecule has 4 heteroatoms. The Kier molecular flexibility index (Phi) is 5.12. The number of amides is 1. The van der Waals surface area contributed by atoms with Gasteiger partial charge in [0.25, 0.3) is 0 Å². The highest BCUT2D eigenvalue weighted by molar-refractivity contribution is 5.78. The molecule has 2 N–H and O–H groups in total. The number of carbonyl (C=O) groups is 1. The smallest absolute Gasteiger partial charge is 0.233 e. The molecular weight excluding hydrogens is 255 g/mol. The highest BCUT2D eigenvalue weighted by Crippen LogP contribution is 2.39. The topological polar surface area (TPSA) is 41.1 Å². The highest BCUT2D eigenvalue weighted by Gasteiger charge is 2.34.